The first-order chi connectivity index (χ1) is 8.25. The lowest BCUT2D eigenvalue weighted by Crippen LogP contribution is -1.86. The van der Waals surface area contributed by atoms with Crippen LogP contribution in [0.15, 0.2) is 59.3 Å². The van der Waals surface area contributed by atoms with Crippen molar-refractivity contribution in [1.29, 1.82) is 0 Å². The molecule has 0 fully saturated rings. The van der Waals surface area contributed by atoms with Gasteiger partial charge in [-0.25, -0.2) is 4.98 Å². The minimum atomic E-state index is 0.749. The van der Waals surface area contributed by atoms with Crippen LogP contribution >= 0.6 is 0 Å². The second-order valence-corrected chi connectivity index (χ2v) is 3.49. The van der Waals surface area contributed by atoms with Crippen LogP contribution in [0.4, 0.5) is 11.4 Å². The van der Waals surface area contributed by atoms with Crippen LogP contribution in [0.25, 0.3) is 11.1 Å². The fraction of sp³-hybridized carbons (Fsp3) is 0. The lowest BCUT2D eigenvalue weighted by Gasteiger charge is -1.90. The van der Waals surface area contributed by atoms with E-state index in [-0.39, 0.29) is 0 Å². The third kappa shape index (κ3) is 2.98. The number of nitrogens with zero attached hydrogens (tertiary/aromatic N) is 1. The smallest absolute Gasteiger partial charge is 0.181 e. The molecule has 0 radical (unpaired) electrons. The molecule has 0 atom stereocenters. The Hall–Kier alpha value is -2.49. The Kier molecular flexibility index (Phi) is 3.25. The van der Waals surface area contributed by atoms with E-state index in [1.807, 2.05) is 24.3 Å². The fourth-order valence-electron chi connectivity index (χ4n) is 1.30. The van der Waals surface area contributed by atoms with Gasteiger partial charge in [-0.1, -0.05) is 12.1 Å². The van der Waals surface area contributed by atoms with Gasteiger partial charge < -0.3 is 15.9 Å². The Balaban J connectivity index is 0.000000128. The molecule has 0 aliphatic rings. The standard InChI is InChI=1S/C7H5NO.C6H8N2/c1-2-4-7-6(3-1)8-5-9-7;7-5-1-2-6(8)4-3-5/h1-5H;1-4H,7-8H2. The van der Waals surface area contributed by atoms with Gasteiger partial charge in [-0.05, 0) is 36.4 Å². The van der Waals surface area contributed by atoms with Crippen LogP contribution in [0.5, 0.6) is 0 Å². The molecule has 0 spiro atoms. The second-order valence-electron chi connectivity index (χ2n) is 3.49. The number of aromatic nitrogens is 1. The van der Waals surface area contributed by atoms with Crippen molar-refractivity contribution in [1.82, 2.24) is 4.98 Å². The van der Waals surface area contributed by atoms with Gasteiger partial charge in [0.1, 0.15) is 5.52 Å². The van der Waals surface area contributed by atoms with Crippen molar-refractivity contribution in [2.45, 2.75) is 0 Å². The molecule has 17 heavy (non-hydrogen) atoms. The molecule has 0 saturated heterocycles. The molecule has 0 bridgehead atoms. The quantitative estimate of drug-likeness (QED) is 0.579. The molecule has 86 valence electrons. The molecule has 0 aliphatic carbocycles. The Morgan fingerprint density at radius 2 is 1.41 bits per heavy atom. The van der Waals surface area contributed by atoms with Crippen molar-refractivity contribution in [2.24, 2.45) is 0 Å². The third-order valence-electron chi connectivity index (χ3n) is 2.17. The molecule has 4 N–H and O–H groups in total. The largest absolute Gasteiger partial charge is 0.443 e. The van der Waals surface area contributed by atoms with E-state index in [0.29, 0.717) is 0 Å². The summed E-state index contributed by atoms with van der Waals surface area (Å²) in [5, 5.41) is 0. The van der Waals surface area contributed by atoms with Crippen LogP contribution in [0.2, 0.25) is 0 Å². The molecule has 0 aliphatic heterocycles. The van der Waals surface area contributed by atoms with E-state index in [1.165, 1.54) is 6.39 Å². The van der Waals surface area contributed by atoms with E-state index < -0.39 is 0 Å². The van der Waals surface area contributed by atoms with Gasteiger partial charge in [-0.2, -0.15) is 0 Å². The summed E-state index contributed by atoms with van der Waals surface area (Å²) in [4.78, 5) is 3.95. The molecule has 2 aromatic carbocycles. The van der Waals surface area contributed by atoms with Gasteiger partial charge in [0.2, 0.25) is 0 Å². The molecule has 4 nitrogen and oxygen atoms in total. The van der Waals surface area contributed by atoms with E-state index in [4.69, 9.17) is 15.9 Å². The highest BCUT2D eigenvalue weighted by atomic mass is 16.3. The predicted octanol–water partition coefficient (Wildman–Crippen LogP) is 2.68. The van der Waals surface area contributed by atoms with E-state index in [9.17, 15) is 0 Å². The maximum absolute atomic E-state index is 5.37. The van der Waals surface area contributed by atoms with E-state index in [1.54, 1.807) is 24.3 Å². The summed E-state index contributed by atoms with van der Waals surface area (Å²) in [6, 6.07) is 14.8. The number of fused-ring (bicyclic) bond motifs is 1. The Morgan fingerprint density at radius 3 is 2.00 bits per heavy atom. The molecule has 0 saturated carbocycles. The van der Waals surface area contributed by atoms with Crippen LogP contribution in [0.1, 0.15) is 0 Å². The molecule has 3 aromatic rings. The highest BCUT2D eigenvalue weighted by molar-refractivity contribution is 5.71. The summed E-state index contributed by atoms with van der Waals surface area (Å²) in [6.07, 6.45) is 1.45. The van der Waals surface area contributed by atoms with Gasteiger partial charge in [-0.3, -0.25) is 0 Å². The lowest BCUT2D eigenvalue weighted by molar-refractivity contribution is 0.602. The average Bonchev–Trinajstić information content (AvgIpc) is 2.82. The van der Waals surface area contributed by atoms with Gasteiger partial charge in [0.25, 0.3) is 0 Å². The van der Waals surface area contributed by atoms with Gasteiger partial charge >= 0.3 is 0 Å². The van der Waals surface area contributed by atoms with Crippen molar-refractivity contribution in [3.63, 3.8) is 0 Å². The zero-order valence-corrected chi connectivity index (χ0v) is 9.21. The molecule has 3 rings (SSSR count). The number of rotatable bonds is 0. The van der Waals surface area contributed by atoms with Crippen LogP contribution in [-0.2, 0) is 0 Å². The predicted molar refractivity (Wildman–Crippen MR) is 69.3 cm³/mol. The van der Waals surface area contributed by atoms with Gasteiger partial charge in [0.05, 0.1) is 0 Å². The zero-order valence-electron chi connectivity index (χ0n) is 9.21. The van der Waals surface area contributed by atoms with Crippen LogP contribution < -0.4 is 11.5 Å². The number of oxazole rings is 1. The fourth-order valence-corrected chi connectivity index (χ4v) is 1.30. The topological polar surface area (TPSA) is 78.1 Å². The normalized spacial score (nSPS) is 9.65. The molecule has 4 heteroatoms. The minimum Gasteiger partial charge on any atom is -0.443 e. The lowest BCUT2D eigenvalue weighted by atomic mass is 10.3. The summed E-state index contributed by atoms with van der Waals surface area (Å²) in [5.74, 6) is 0. The Morgan fingerprint density at radius 1 is 0.824 bits per heavy atom. The summed E-state index contributed by atoms with van der Waals surface area (Å²) < 4.78 is 5.01. The number of anilines is 2. The van der Waals surface area contributed by atoms with Gasteiger partial charge in [0.15, 0.2) is 12.0 Å². The summed E-state index contributed by atoms with van der Waals surface area (Å²) in [7, 11) is 0. The molecule has 0 unspecified atom stereocenters. The third-order valence-corrected chi connectivity index (χ3v) is 2.17. The molecule has 1 heterocycles. The van der Waals surface area contributed by atoms with Crippen LogP contribution in [-0.4, -0.2) is 4.98 Å². The number of nitrogens with two attached hydrogens (primary N) is 2. The number of benzene rings is 2. The summed E-state index contributed by atoms with van der Waals surface area (Å²) >= 11 is 0. The van der Waals surface area contributed by atoms with Crippen molar-refractivity contribution >= 4 is 22.5 Å². The summed E-state index contributed by atoms with van der Waals surface area (Å²) in [6.45, 7) is 0. The van der Waals surface area contributed by atoms with E-state index in [2.05, 4.69) is 4.98 Å². The number of hydrogen-bond donors (Lipinski definition) is 2. The highest BCUT2D eigenvalue weighted by Crippen LogP contribution is 2.09. The maximum Gasteiger partial charge on any atom is 0.181 e. The van der Waals surface area contributed by atoms with E-state index >= 15 is 0 Å². The number of nitrogen functional groups attached to an aromatic ring is 2. The van der Waals surface area contributed by atoms with Crippen LogP contribution in [0.3, 0.4) is 0 Å². The van der Waals surface area contributed by atoms with Crippen molar-refractivity contribution < 1.29 is 4.42 Å². The first-order valence-electron chi connectivity index (χ1n) is 5.15. The average molecular weight is 227 g/mol. The van der Waals surface area contributed by atoms with Crippen molar-refractivity contribution in [3.05, 3.63) is 54.9 Å². The van der Waals surface area contributed by atoms with Crippen molar-refractivity contribution in [3.8, 4) is 0 Å². The first kappa shape index (κ1) is 11.0. The van der Waals surface area contributed by atoms with Crippen molar-refractivity contribution in [2.75, 3.05) is 11.5 Å². The minimum absolute atomic E-state index is 0.749. The van der Waals surface area contributed by atoms with Gasteiger partial charge in [0, 0.05) is 11.4 Å². The first-order valence-corrected chi connectivity index (χ1v) is 5.15. The SMILES string of the molecule is Nc1ccc(N)cc1.c1ccc2ocnc2c1. The monoisotopic (exact) mass is 227 g/mol. The molecule has 1 aromatic heterocycles. The highest BCUT2D eigenvalue weighted by Gasteiger charge is 1.91. The number of hydrogen-bond acceptors (Lipinski definition) is 4. The molecular formula is C13H13N3O. The zero-order chi connectivity index (χ0) is 12.1. The molecular weight excluding hydrogens is 214 g/mol. The Labute approximate surface area is 98.9 Å². The van der Waals surface area contributed by atoms with Gasteiger partial charge in [-0.15, -0.1) is 0 Å². The second kappa shape index (κ2) is 5.03. The summed E-state index contributed by atoms with van der Waals surface area (Å²) in [5.41, 5.74) is 14.0. The van der Waals surface area contributed by atoms with E-state index in [0.717, 1.165) is 22.5 Å². The molecule has 0 amide bonds. The maximum atomic E-state index is 5.37. The van der Waals surface area contributed by atoms with Crippen LogP contribution in [0, 0.1) is 0 Å². The Bertz CT molecular complexity index is 536. The number of para-hydroxylation sites is 2.